The molecule has 2 aromatic rings. The predicted molar refractivity (Wildman–Crippen MR) is 80.1 cm³/mol. The molecule has 0 saturated carbocycles. The standard InChI is InChI=1S/C12H16IN5/c1-12(2,3)9-7(6-18(4)17-9)11-15-5-8(13)10(14)16-11/h5-6H,1-4H3,(H2,14,15,16). The molecule has 0 bridgehead atoms. The number of aryl methyl sites for hydroxylation is 1. The van der Waals surface area contributed by atoms with Crippen molar-refractivity contribution in [1.82, 2.24) is 19.7 Å². The molecule has 0 radical (unpaired) electrons. The first-order valence-corrected chi connectivity index (χ1v) is 6.69. The van der Waals surface area contributed by atoms with Crippen molar-refractivity contribution in [3.8, 4) is 11.4 Å². The number of nitrogen functional groups attached to an aromatic ring is 1. The zero-order chi connectivity index (χ0) is 13.5. The molecule has 0 amide bonds. The van der Waals surface area contributed by atoms with Crippen molar-refractivity contribution in [3.05, 3.63) is 21.7 Å². The molecule has 6 heteroatoms. The minimum Gasteiger partial charge on any atom is -0.383 e. The summed E-state index contributed by atoms with van der Waals surface area (Å²) in [5.74, 6) is 1.13. The average molecular weight is 357 g/mol. The first-order chi connectivity index (χ1) is 8.29. The summed E-state index contributed by atoms with van der Waals surface area (Å²) in [6.07, 6.45) is 3.67. The van der Waals surface area contributed by atoms with Crippen molar-refractivity contribution >= 4 is 28.4 Å². The number of nitrogens with two attached hydrogens (primary N) is 1. The third-order valence-corrected chi connectivity index (χ3v) is 3.38. The second-order valence-electron chi connectivity index (χ2n) is 5.24. The molecule has 0 aliphatic heterocycles. The van der Waals surface area contributed by atoms with Crippen molar-refractivity contribution < 1.29 is 0 Å². The van der Waals surface area contributed by atoms with Crippen LogP contribution in [0.1, 0.15) is 26.5 Å². The lowest BCUT2D eigenvalue weighted by Gasteiger charge is -2.16. The van der Waals surface area contributed by atoms with Gasteiger partial charge in [-0.3, -0.25) is 4.68 Å². The summed E-state index contributed by atoms with van der Waals surface area (Å²) >= 11 is 2.12. The van der Waals surface area contributed by atoms with Gasteiger partial charge in [-0.25, -0.2) is 9.97 Å². The van der Waals surface area contributed by atoms with E-state index < -0.39 is 0 Å². The van der Waals surface area contributed by atoms with Crippen LogP contribution in [-0.2, 0) is 12.5 Å². The van der Waals surface area contributed by atoms with Gasteiger partial charge in [0.05, 0.1) is 14.8 Å². The van der Waals surface area contributed by atoms with Crippen LogP contribution < -0.4 is 5.73 Å². The van der Waals surface area contributed by atoms with Gasteiger partial charge in [-0.2, -0.15) is 5.10 Å². The van der Waals surface area contributed by atoms with Gasteiger partial charge in [0.25, 0.3) is 0 Å². The molecule has 0 aliphatic rings. The predicted octanol–water partition coefficient (Wildman–Crippen LogP) is 2.36. The highest BCUT2D eigenvalue weighted by Gasteiger charge is 2.24. The maximum Gasteiger partial charge on any atom is 0.165 e. The van der Waals surface area contributed by atoms with E-state index in [1.165, 1.54) is 0 Å². The van der Waals surface area contributed by atoms with Gasteiger partial charge in [-0.1, -0.05) is 20.8 Å². The summed E-state index contributed by atoms with van der Waals surface area (Å²) in [4.78, 5) is 8.68. The van der Waals surface area contributed by atoms with Gasteiger partial charge < -0.3 is 5.73 Å². The lowest BCUT2D eigenvalue weighted by molar-refractivity contribution is 0.554. The second kappa shape index (κ2) is 4.49. The molecule has 18 heavy (non-hydrogen) atoms. The van der Waals surface area contributed by atoms with Crippen LogP contribution in [0.2, 0.25) is 0 Å². The number of hydrogen-bond donors (Lipinski definition) is 1. The maximum atomic E-state index is 5.84. The van der Waals surface area contributed by atoms with E-state index in [-0.39, 0.29) is 5.41 Å². The summed E-state index contributed by atoms with van der Waals surface area (Å²) < 4.78 is 2.64. The summed E-state index contributed by atoms with van der Waals surface area (Å²) in [7, 11) is 1.90. The number of halogens is 1. The Morgan fingerprint density at radius 2 is 2.00 bits per heavy atom. The Balaban J connectivity index is 2.60. The molecule has 0 spiro atoms. The number of aromatic nitrogens is 4. The first-order valence-electron chi connectivity index (χ1n) is 5.61. The van der Waals surface area contributed by atoms with Crippen LogP contribution in [0.3, 0.4) is 0 Å². The summed E-state index contributed by atoms with van der Waals surface area (Å²) in [5.41, 5.74) is 7.70. The van der Waals surface area contributed by atoms with Crippen LogP contribution >= 0.6 is 22.6 Å². The molecule has 2 heterocycles. The topological polar surface area (TPSA) is 69.6 Å². The zero-order valence-electron chi connectivity index (χ0n) is 10.9. The maximum absolute atomic E-state index is 5.84. The van der Waals surface area contributed by atoms with Gasteiger partial charge >= 0.3 is 0 Å². The number of hydrogen-bond acceptors (Lipinski definition) is 4. The molecule has 0 fully saturated rings. The van der Waals surface area contributed by atoms with Crippen LogP contribution in [0, 0.1) is 3.57 Å². The van der Waals surface area contributed by atoms with E-state index in [1.54, 1.807) is 10.9 Å². The van der Waals surface area contributed by atoms with Gasteiger partial charge in [0.15, 0.2) is 5.82 Å². The third kappa shape index (κ3) is 2.47. The zero-order valence-corrected chi connectivity index (χ0v) is 13.1. The van der Waals surface area contributed by atoms with Crippen molar-refractivity contribution in [2.45, 2.75) is 26.2 Å². The molecule has 0 unspecified atom stereocenters. The molecule has 0 aromatic carbocycles. The number of nitrogens with zero attached hydrogens (tertiary/aromatic N) is 4. The average Bonchev–Trinajstić information content (AvgIpc) is 2.64. The Morgan fingerprint density at radius 1 is 1.33 bits per heavy atom. The van der Waals surface area contributed by atoms with Crippen molar-refractivity contribution in [3.63, 3.8) is 0 Å². The van der Waals surface area contributed by atoms with Crippen LogP contribution in [0.25, 0.3) is 11.4 Å². The van der Waals surface area contributed by atoms with E-state index in [4.69, 9.17) is 5.73 Å². The van der Waals surface area contributed by atoms with E-state index in [0.717, 1.165) is 14.8 Å². The van der Waals surface area contributed by atoms with Gasteiger partial charge in [0, 0.05) is 24.9 Å². The van der Waals surface area contributed by atoms with E-state index in [0.29, 0.717) is 11.6 Å². The summed E-state index contributed by atoms with van der Waals surface area (Å²) in [6, 6.07) is 0. The highest BCUT2D eigenvalue weighted by molar-refractivity contribution is 14.1. The smallest absolute Gasteiger partial charge is 0.165 e. The van der Waals surface area contributed by atoms with Crippen LogP contribution in [0.5, 0.6) is 0 Å². The van der Waals surface area contributed by atoms with E-state index in [9.17, 15) is 0 Å². The van der Waals surface area contributed by atoms with Crippen molar-refractivity contribution in [1.29, 1.82) is 0 Å². The van der Waals surface area contributed by atoms with Crippen molar-refractivity contribution in [2.24, 2.45) is 7.05 Å². The first kappa shape index (κ1) is 13.3. The van der Waals surface area contributed by atoms with Crippen molar-refractivity contribution in [2.75, 3.05) is 5.73 Å². The molecule has 0 saturated heterocycles. The molecule has 2 rings (SSSR count). The summed E-state index contributed by atoms with van der Waals surface area (Å²) in [6.45, 7) is 6.36. The largest absolute Gasteiger partial charge is 0.383 e. The van der Waals surface area contributed by atoms with Gasteiger partial charge in [-0.15, -0.1) is 0 Å². The minimum absolute atomic E-state index is 0.0578. The molecule has 0 atom stereocenters. The normalized spacial score (nSPS) is 11.8. The Bertz CT molecular complexity index is 583. The van der Waals surface area contributed by atoms with E-state index >= 15 is 0 Å². The highest BCUT2D eigenvalue weighted by atomic mass is 127. The number of rotatable bonds is 1. The fourth-order valence-corrected chi connectivity index (χ4v) is 1.98. The molecule has 96 valence electrons. The molecule has 0 aliphatic carbocycles. The van der Waals surface area contributed by atoms with Gasteiger partial charge in [-0.05, 0) is 22.6 Å². The Morgan fingerprint density at radius 3 is 2.56 bits per heavy atom. The Hall–Kier alpha value is -1.18. The van der Waals surface area contributed by atoms with Crippen LogP contribution in [0.4, 0.5) is 5.82 Å². The Labute approximate surface area is 120 Å². The second-order valence-corrected chi connectivity index (χ2v) is 6.40. The Kier molecular flexibility index (Phi) is 3.31. The molecular weight excluding hydrogens is 341 g/mol. The fraction of sp³-hybridized carbons (Fsp3) is 0.417. The molecule has 2 aromatic heterocycles. The van der Waals surface area contributed by atoms with Gasteiger partial charge in [0.1, 0.15) is 5.82 Å². The summed E-state index contributed by atoms with van der Waals surface area (Å²) in [5, 5.41) is 4.50. The quantitative estimate of drug-likeness (QED) is 0.796. The lowest BCUT2D eigenvalue weighted by Crippen LogP contribution is -2.14. The highest BCUT2D eigenvalue weighted by Crippen LogP contribution is 2.30. The van der Waals surface area contributed by atoms with E-state index in [2.05, 4.69) is 58.4 Å². The molecule has 2 N–H and O–H groups in total. The monoisotopic (exact) mass is 357 g/mol. The van der Waals surface area contributed by atoms with E-state index in [1.807, 2.05) is 13.2 Å². The fourth-order valence-electron chi connectivity index (χ4n) is 1.72. The van der Waals surface area contributed by atoms with Gasteiger partial charge in [0.2, 0.25) is 0 Å². The SMILES string of the molecule is Cn1cc(-c2ncc(I)c(N)n2)c(C(C)(C)C)n1. The lowest BCUT2D eigenvalue weighted by atomic mass is 9.89. The third-order valence-electron chi connectivity index (χ3n) is 2.55. The van der Waals surface area contributed by atoms with Crippen LogP contribution in [-0.4, -0.2) is 19.7 Å². The minimum atomic E-state index is -0.0578. The molecule has 5 nitrogen and oxygen atoms in total. The van der Waals surface area contributed by atoms with Crippen LogP contribution in [0.15, 0.2) is 12.4 Å². The molecular formula is C12H16IN5. The number of anilines is 1.